The van der Waals surface area contributed by atoms with Gasteiger partial charge in [-0.25, -0.2) is 5.10 Å². The first-order chi connectivity index (χ1) is 5.70. The molecule has 0 saturated heterocycles. The summed E-state index contributed by atoms with van der Waals surface area (Å²) < 4.78 is 0. The molecule has 12 heavy (non-hydrogen) atoms. The third-order valence-electron chi connectivity index (χ3n) is 1.83. The van der Waals surface area contributed by atoms with Crippen molar-refractivity contribution in [3.63, 3.8) is 0 Å². The first-order valence-electron chi connectivity index (χ1n) is 3.88. The molecule has 1 rings (SSSR count). The first kappa shape index (κ1) is 8.71. The Kier molecular flexibility index (Phi) is 2.43. The van der Waals surface area contributed by atoms with Crippen LogP contribution in [0.2, 0.25) is 0 Å². The van der Waals surface area contributed by atoms with Gasteiger partial charge in [0.2, 0.25) is 0 Å². The van der Waals surface area contributed by atoms with Gasteiger partial charge in [-0.15, -0.1) is 0 Å². The van der Waals surface area contributed by atoms with Gasteiger partial charge in [0.25, 0.3) is 5.56 Å². The second kappa shape index (κ2) is 3.34. The van der Waals surface area contributed by atoms with Crippen molar-refractivity contribution in [3.05, 3.63) is 26.5 Å². The summed E-state index contributed by atoms with van der Waals surface area (Å²) in [5, 5.41) is 7.92. The van der Waals surface area contributed by atoms with Gasteiger partial charge in [-0.3, -0.25) is 4.79 Å². The van der Waals surface area contributed by atoms with E-state index in [-0.39, 0.29) is 5.56 Å². The second-order valence-electron chi connectivity index (χ2n) is 2.54. The van der Waals surface area contributed by atoms with Crippen LogP contribution in [0.25, 0.3) is 12.2 Å². The fourth-order valence-corrected chi connectivity index (χ4v) is 1.22. The van der Waals surface area contributed by atoms with E-state index in [4.69, 9.17) is 0 Å². The van der Waals surface area contributed by atoms with Crippen molar-refractivity contribution in [2.75, 3.05) is 0 Å². The molecule has 1 N–H and O–H groups in total. The Hall–Kier alpha value is -1.38. The fraction of sp³-hybridized carbons (Fsp3) is 0.333. The summed E-state index contributed by atoms with van der Waals surface area (Å²) in [6.07, 6.45) is 3.69. The number of aromatic amines is 1. The molecule has 0 atom stereocenters. The summed E-state index contributed by atoms with van der Waals surface area (Å²) in [6, 6.07) is 0. The SMILES string of the molecule is C/C=c1/c(C)n[nH]c(=O)/c1=C/C. The predicted molar refractivity (Wildman–Crippen MR) is 49.1 cm³/mol. The molecule has 0 aromatic carbocycles. The Morgan fingerprint density at radius 2 is 1.83 bits per heavy atom. The number of nitrogens with zero attached hydrogens (tertiary/aromatic N) is 1. The summed E-state index contributed by atoms with van der Waals surface area (Å²) >= 11 is 0. The summed E-state index contributed by atoms with van der Waals surface area (Å²) in [4.78, 5) is 11.2. The topological polar surface area (TPSA) is 45.8 Å². The second-order valence-corrected chi connectivity index (χ2v) is 2.54. The third-order valence-corrected chi connectivity index (χ3v) is 1.83. The van der Waals surface area contributed by atoms with Gasteiger partial charge in [-0.2, -0.15) is 5.10 Å². The number of aryl methyl sites for hydroxylation is 1. The van der Waals surface area contributed by atoms with Crippen molar-refractivity contribution in [1.29, 1.82) is 0 Å². The van der Waals surface area contributed by atoms with Crippen molar-refractivity contribution < 1.29 is 0 Å². The minimum Gasteiger partial charge on any atom is -0.267 e. The number of hydrogen-bond donors (Lipinski definition) is 1. The van der Waals surface area contributed by atoms with Crippen LogP contribution in [0.5, 0.6) is 0 Å². The Morgan fingerprint density at radius 1 is 1.25 bits per heavy atom. The van der Waals surface area contributed by atoms with Gasteiger partial charge in [0, 0.05) is 10.4 Å². The molecule has 0 saturated carbocycles. The number of rotatable bonds is 0. The van der Waals surface area contributed by atoms with Crippen LogP contribution in [0.3, 0.4) is 0 Å². The standard InChI is InChI=1S/C9H12N2O/c1-4-7-6(3)10-11-9(12)8(7)5-2/h4-5H,1-3H3,(H,11,12)/b7-4-,8-5+. The summed E-state index contributed by atoms with van der Waals surface area (Å²) in [7, 11) is 0. The molecule has 0 amide bonds. The highest BCUT2D eigenvalue weighted by atomic mass is 16.1. The van der Waals surface area contributed by atoms with E-state index in [0.717, 1.165) is 10.9 Å². The molecule has 0 unspecified atom stereocenters. The molecule has 0 radical (unpaired) electrons. The van der Waals surface area contributed by atoms with E-state index >= 15 is 0 Å². The van der Waals surface area contributed by atoms with Gasteiger partial charge < -0.3 is 0 Å². The third kappa shape index (κ3) is 1.30. The molecule has 0 aliphatic carbocycles. The lowest BCUT2D eigenvalue weighted by molar-refractivity contribution is 0.918. The number of aromatic nitrogens is 2. The minimum atomic E-state index is -0.129. The Balaban J connectivity index is 3.89. The molecule has 1 heterocycles. The highest BCUT2D eigenvalue weighted by molar-refractivity contribution is 5.28. The average molecular weight is 164 g/mol. The van der Waals surface area contributed by atoms with Crippen molar-refractivity contribution in [2.24, 2.45) is 0 Å². The smallest absolute Gasteiger partial charge is 0.267 e. The summed E-state index contributed by atoms with van der Waals surface area (Å²) in [6.45, 7) is 5.62. The van der Waals surface area contributed by atoms with E-state index in [1.54, 1.807) is 6.08 Å². The van der Waals surface area contributed by atoms with E-state index < -0.39 is 0 Å². The fourth-order valence-electron chi connectivity index (χ4n) is 1.22. The maximum atomic E-state index is 11.2. The van der Waals surface area contributed by atoms with Crippen LogP contribution in [0.15, 0.2) is 4.79 Å². The maximum absolute atomic E-state index is 11.2. The largest absolute Gasteiger partial charge is 0.271 e. The van der Waals surface area contributed by atoms with Gasteiger partial charge in [0.05, 0.1) is 5.69 Å². The molecule has 0 bridgehead atoms. The number of nitrogens with one attached hydrogen (secondary N) is 1. The van der Waals surface area contributed by atoms with Crippen molar-refractivity contribution >= 4 is 12.2 Å². The molecule has 0 aliphatic rings. The van der Waals surface area contributed by atoms with E-state index in [9.17, 15) is 4.79 Å². The van der Waals surface area contributed by atoms with Crippen LogP contribution in [-0.4, -0.2) is 10.2 Å². The van der Waals surface area contributed by atoms with Gasteiger partial charge in [-0.1, -0.05) is 12.2 Å². The number of hydrogen-bond acceptors (Lipinski definition) is 2. The number of H-pyrrole nitrogens is 1. The van der Waals surface area contributed by atoms with Gasteiger partial charge in [0.1, 0.15) is 0 Å². The van der Waals surface area contributed by atoms with Gasteiger partial charge in [-0.05, 0) is 20.8 Å². The quantitative estimate of drug-likeness (QED) is 0.571. The molecular weight excluding hydrogens is 152 g/mol. The Morgan fingerprint density at radius 3 is 2.25 bits per heavy atom. The molecule has 3 heteroatoms. The maximum Gasteiger partial charge on any atom is 0.271 e. The van der Waals surface area contributed by atoms with Crippen LogP contribution < -0.4 is 16.0 Å². The van der Waals surface area contributed by atoms with E-state index in [1.807, 2.05) is 26.8 Å². The van der Waals surface area contributed by atoms with Crippen molar-refractivity contribution in [2.45, 2.75) is 20.8 Å². The molecule has 0 aliphatic heterocycles. The first-order valence-corrected chi connectivity index (χ1v) is 3.88. The Bertz CT molecular complexity index is 443. The van der Waals surface area contributed by atoms with Crippen LogP contribution in [-0.2, 0) is 0 Å². The molecule has 64 valence electrons. The zero-order chi connectivity index (χ0) is 9.14. The summed E-state index contributed by atoms with van der Waals surface area (Å²) in [5.41, 5.74) is 0.724. The predicted octanol–water partition coefficient (Wildman–Crippen LogP) is -0.321. The molecule has 0 fully saturated rings. The lowest BCUT2D eigenvalue weighted by Gasteiger charge is -1.92. The Labute approximate surface area is 70.4 Å². The van der Waals surface area contributed by atoms with E-state index in [1.165, 1.54) is 0 Å². The molecular formula is C9H12N2O. The zero-order valence-corrected chi connectivity index (χ0v) is 7.51. The van der Waals surface area contributed by atoms with Crippen LogP contribution in [0.1, 0.15) is 19.5 Å². The molecule has 3 nitrogen and oxygen atoms in total. The minimum absolute atomic E-state index is 0.129. The average Bonchev–Trinajstić information content (AvgIpc) is 2.08. The lowest BCUT2D eigenvalue weighted by Crippen LogP contribution is -2.43. The molecule has 0 spiro atoms. The van der Waals surface area contributed by atoms with Crippen LogP contribution >= 0.6 is 0 Å². The highest BCUT2D eigenvalue weighted by Gasteiger charge is 1.94. The van der Waals surface area contributed by atoms with E-state index in [2.05, 4.69) is 10.2 Å². The van der Waals surface area contributed by atoms with Crippen molar-refractivity contribution in [1.82, 2.24) is 10.2 Å². The van der Waals surface area contributed by atoms with Gasteiger partial charge >= 0.3 is 0 Å². The monoisotopic (exact) mass is 164 g/mol. The summed E-state index contributed by atoms with van der Waals surface area (Å²) in [5.74, 6) is 0. The van der Waals surface area contributed by atoms with Crippen molar-refractivity contribution in [3.8, 4) is 0 Å². The van der Waals surface area contributed by atoms with Crippen LogP contribution in [0.4, 0.5) is 0 Å². The van der Waals surface area contributed by atoms with Gasteiger partial charge in [0.15, 0.2) is 0 Å². The van der Waals surface area contributed by atoms with E-state index in [0.29, 0.717) is 5.22 Å². The molecule has 1 aromatic heterocycles. The zero-order valence-electron chi connectivity index (χ0n) is 7.51. The molecule has 1 aromatic rings. The van der Waals surface area contributed by atoms with Crippen LogP contribution in [0, 0.1) is 6.92 Å². The normalized spacial score (nSPS) is 13.9. The highest BCUT2D eigenvalue weighted by Crippen LogP contribution is 1.70. The lowest BCUT2D eigenvalue weighted by atomic mass is 10.2.